The van der Waals surface area contributed by atoms with Crippen molar-refractivity contribution in [2.45, 2.75) is 35.1 Å². The molecule has 1 saturated heterocycles. The van der Waals surface area contributed by atoms with E-state index < -0.39 is 27.0 Å². The molecule has 0 radical (unpaired) electrons. The van der Waals surface area contributed by atoms with E-state index in [0.29, 0.717) is 30.5 Å². The number of nitrogens with two attached hydrogens (primary N) is 1. The lowest BCUT2D eigenvalue weighted by atomic mass is 9.69. The largest absolute Gasteiger partial charge is 0.352 e. The van der Waals surface area contributed by atoms with Gasteiger partial charge in [-0.25, -0.2) is 18.0 Å². The normalized spacial score (nSPS) is 20.5. The molecule has 1 aliphatic rings. The van der Waals surface area contributed by atoms with Crippen molar-refractivity contribution < 1.29 is 22.8 Å². The Kier molecular flexibility index (Phi) is 8.11. The molecule has 9 heteroatoms. The van der Waals surface area contributed by atoms with Gasteiger partial charge in [0.05, 0.1) is 9.97 Å². The smallest absolute Gasteiger partial charge is 0.312 e. The molecule has 1 fully saturated rings. The SMILES string of the molecule is C[C@@H](c1ccc(-c2ccc(F)cc2F)cc1)N1CCC(CCNC(N)=O)(c2ccc(F)cc2)C(I)C1=O. The highest BCUT2D eigenvalue weighted by Gasteiger charge is 2.48. The Morgan fingerprint density at radius 2 is 1.73 bits per heavy atom. The number of halogens is 4. The number of carbonyl (C=O) groups is 2. The summed E-state index contributed by atoms with van der Waals surface area (Å²) in [5.41, 5.74) is 7.28. The fourth-order valence-corrected chi connectivity index (χ4v) is 6.39. The molecule has 4 rings (SSSR count). The third-order valence-electron chi connectivity index (χ3n) is 7.18. The van der Waals surface area contributed by atoms with E-state index in [1.165, 1.54) is 24.3 Å². The number of piperidine rings is 1. The van der Waals surface area contributed by atoms with Crippen molar-refractivity contribution in [3.05, 3.63) is 95.3 Å². The number of carbonyl (C=O) groups excluding carboxylic acids is 2. The van der Waals surface area contributed by atoms with E-state index in [0.717, 1.165) is 17.2 Å². The van der Waals surface area contributed by atoms with Gasteiger partial charge in [0.2, 0.25) is 5.91 Å². The predicted octanol–water partition coefficient (Wildman–Crippen LogP) is 5.86. The van der Waals surface area contributed by atoms with Crippen molar-refractivity contribution in [1.82, 2.24) is 10.2 Å². The van der Waals surface area contributed by atoms with Crippen LogP contribution in [0.4, 0.5) is 18.0 Å². The number of likely N-dealkylation sites (tertiary alicyclic amines) is 1. The molecule has 0 aromatic heterocycles. The molecule has 5 nitrogen and oxygen atoms in total. The highest BCUT2D eigenvalue weighted by molar-refractivity contribution is 14.1. The molecule has 3 amide bonds. The van der Waals surface area contributed by atoms with Gasteiger partial charge < -0.3 is 16.0 Å². The van der Waals surface area contributed by atoms with Crippen molar-refractivity contribution in [2.24, 2.45) is 5.73 Å². The number of amides is 3. The number of hydrogen-bond donors (Lipinski definition) is 2. The molecule has 194 valence electrons. The summed E-state index contributed by atoms with van der Waals surface area (Å²) >= 11 is 2.15. The number of nitrogens with zero attached hydrogens (tertiary/aromatic N) is 1. The molecule has 37 heavy (non-hydrogen) atoms. The van der Waals surface area contributed by atoms with E-state index >= 15 is 0 Å². The molecular weight excluding hydrogens is 594 g/mol. The van der Waals surface area contributed by atoms with Crippen LogP contribution in [-0.4, -0.2) is 33.9 Å². The number of nitrogens with one attached hydrogen (secondary N) is 1. The average molecular weight is 621 g/mol. The van der Waals surface area contributed by atoms with Crippen molar-refractivity contribution in [2.75, 3.05) is 13.1 Å². The number of alkyl halides is 1. The Bertz CT molecular complexity index is 1290. The predicted molar refractivity (Wildman–Crippen MR) is 145 cm³/mol. The average Bonchev–Trinajstić information content (AvgIpc) is 2.87. The summed E-state index contributed by atoms with van der Waals surface area (Å²) in [6.45, 7) is 2.69. The van der Waals surface area contributed by atoms with E-state index in [4.69, 9.17) is 5.73 Å². The fraction of sp³-hybridized carbons (Fsp3) is 0.286. The minimum Gasteiger partial charge on any atom is -0.352 e. The minimum absolute atomic E-state index is 0.0589. The summed E-state index contributed by atoms with van der Waals surface area (Å²) in [6.07, 6.45) is 1.09. The van der Waals surface area contributed by atoms with Gasteiger partial charge in [-0.15, -0.1) is 0 Å². The lowest BCUT2D eigenvalue weighted by Crippen LogP contribution is -2.56. The van der Waals surface area contributed by atoms with Crippen molar-refractivity contribution in [1.29, 1.82) is 0 Å². The first-order valence-corrected chi connectivity index (χ1v) is 13.2. The molecule has 3 atom stereocenters. The zero-order valence-corrected chi connectivity index (χ0v) is 22.3. The van der Waals surface area contributed by atoms with E-state index in [9.17, 15) is 22.8 Å². The maximum absolute atomic E-state index is 14.2. The van der Waals surface area contributed by atoms with Crippen molar-refractivity contribution >= 4 is 34.5 Å². The fourth-order valence-electron chi connectivity index (χ4n) is 5.05. The van der Waals surface area contributed by atoms with Crippen LogP contribution in [0.3, 0.4) is 0 Å². The van der Waals surface area contributed by atoms with Crippen LogP contribution in [0.15, 0.2) is 66.7 Å². The van der Waals surface area contributed by atoms with Gasteiger partial charge in [0.1, 0.15) is 17.5 Å². The maximum Gasteiger partial charge on any atom is 0.312 e. The van der Waals surface area contributed by atoms with E-state index in [-0.39, 0.29) is 24.3 Å². The first-order valence-electron chi connectivity index (χ1n) is 11.9. The molecule has 2 unspecified atom stereocenters. The van der Waals surface area contributed by atoms with Gasteiger partial charge in [-0.1, -0.05) is 59.0 Å². The molecule has 3 aromatic rings. The van der Waals surface area contributed by atoms with Gasteiger partial charge >= 0.3 is 6.03 Å². The van der Waals surface area contributed by atoms with Crippen LogP contribution >= 0.6 is 22.6 Å². The monoisotopic (exact) mass is 621 g/mol. The van der Waals surface area contributed by atoms with Gasteiger partial charge in [0.15, 0.2) is 0 Å². The topological polar surface area (TPSA) is 75.4 Å². The van der Waals surface area contributed by atoms with Crippen molar-refractivity contribution in [3.63, 3.8) is 0 Å². The van der Waals surface area contributed by atoms with E-state index in [1.807, 2.05) is 24.0 Å². The number of primary amides is 1. The van der Waals surface area contributed by atoms with Crippen molar-refractivity contribution in [3.8, 4) is 11.1 Å². The third kappa shape index (κ3) is 5.61. The third-order valence-corrected chi connectivity index (χ3v) is 8.90. The summed E-state index contributed by atoms with van der Waals surface area (Å²) in [7, 11) is 0. The van der Waals surface area contributed by atoms with E-state index in [2.05, 4.69) is 27.9 Å². The van der Waals surface area contributed by atoms with Crippen LogP contribution < -0.4 is 11.1 Å². The van der Waals surface area contributed by atoms with Crippen LogP contribution in [0.2, 0.25) is 0 Å². The van der Waals surface area contributed by atoms with Crippen LogP contribution in [0.1, 0.15) is 36.9 Å². The molecule has 1 heterocycles. The summed E-state index contributed by atoms with van der Waals surface area (Å²) in [4.78, 5) is 26.8. The number of benzene rings is 3. The second-order valence-corrected chi connectivity index (χ2v) is 10.5. The summed E-state index contributed by atoms with van der Waals surface area (Å²) in [5.74, 6) is -1.69. The van der Waals surface area contributed by atoms with Crippen LogP contribution in [0.25, 0.3) is 11.1 Å². The minimum atomic E-state index is -0.638. The highest BCUT2D eigenvalue weighted by atomic mass is 127. The summed E-state index contributed by atoms with van der Waals surface area (Å²) in [5, 5.41) is 2.61. The van der Waals surface area contributed by atoms with Gasteiger partial charge in [-0.2, -0.15) is 0 Å². The molecule has 1 aliphatic heterocycles. The Balaban J connectivity index is 1.56. The number of hydrogen-bond acceptors (Lipinski definition) is 2. The number of urea groups is 1. The lowest BCUT2D eigenvalue weighted by molar-refractivity contribution is -0.137. The molecule has 3 aromatic carbocycles. The van der Waals surface area contributed by atoms with Gasteiger partial charge in [-0.3, -0.25) is 4.79 Å². The quantitative estimate of drug-likeness (QED) is 0.256. The lowest BCUT2D eigenvalue weighted by Gasteiger charge is -2.47. The Morgan fingerprint density at radius 3 is 2.35 bits per heavy atom. The Morgan fingerprint density at radius 1 is 1.08 bits per heavy atom. The second-order valence-electron chi connectivity index (χ2n) is 9.27. The Labute approximate surface area is 227 Å². The molecular formula is C28H27F3IN3O2. The maximum atomic E-state index is 14.2. The standard InChI is InChI=1S/C28H27F3IN3O2/c1-17(18-2-4-19(5-3-18)23-11-10-22(30)16-24(23)31)35-15-13-28(25(32)26(35)36,12-14-34-27(33)37)20-6-8-21(29)9-7-20/h2-11,16-17,25H,12-15H2,1H3,(H3,33,34,37)/t17-,25?,28?/m0/s1. The first kappa shape index (κ1) is 27.0. The molecule has 3 N–H and O–H groups in total. The summed E-state index contributed by atoms with van der Waals surface area (Å²) < 4.78 is 40.7. The van der Waals surface area contributed by atoms with Gasteiger partial charge in [0.25, 0.3) is 0 Å². The Hall–Kier alpha value is -3.08. The number of rotatable bonds is 7. The van der Waals surface area contributed by atoms with Gasteiger partial charge in [0, 0.05) is 30.1 Å². The van der Waals surface area contributed by atoms with Crippen LogP contribution in [0, 0.1) is 17.5 Å². The molecule has 0 spiro atoms. The molecule has 0 saturated carbocycles. The van der Waals surface area contributed by atoms with E-state index in [1.54, 1.807) is 24.3 Å². The molecule has 0 aliphatic carbocycles. The zero-order valence-electron chi connectivity index (χ0n) is 20.2. The van der Waals surface area contributed by atoms with Gasteiger partial charge in [-0.05, 0) is 60.7 Å². The second kappa shape index (κ2) is 11.1. The first-order chi connectivity index (χ1) is 17.6. The zero-order chi connectivity index (χ0) is 26.7. The van der Waals surface area contributed by atoms with Crippen LogP contribution in [-0.2, 0) is 10.2 Å². The molecule has 0 bridgehead atoms. The summed E-state index contributed by atoms with van der Waals surface area (Å²) in [6, 6.07) is 16.0. The highest BCUT2D eigenvalue weighted by Crippen LogP contribution is 2.45. The van der Waals surface area contributed by atoms with Crippen LogP contribution in [0.5, 0.6) is 0 Å².